The Hall–Kier alpha value is -1.78. The first-order valence-electron chi connectivity index (χ1n) is 5.64. The zero-order chi connectivity index (χ0) is 12.5. The van der Waals surface area contributed by atoms with Gasteiger partial charge in [-0.05, 0) is 38.3 Å². The fraction of sp³-hybridized carbons (Fsp3) is 0.500. The Balaban J connectivity index is 2.29. The number of furan rings is 1. The lowest BCUT2D eigenvalue weighted by Gasteiger charge is -2.41. The smallest absolute Gasteiger partial charge is 0.329 e. The third kappa shape index (κ3) is 1.92. The highest BCUT2D eigenvalue weighted by Crippen LogP contribution is 2.29. The molecule has 0 aromatic carbocycles. The largest absolute Gasteiger partial charge is 0.480 e. The molecule has 1 fully saturated rings. The maximum absolute atomic E-state index is 12.1. The van der Waals surface area contributed by atoms with Crippen molar-refractivity contribution in [3.05, 3.63) is 24.2 Å². The molecule has 0 radical (unpaired) electrons. The van der Waals surface area contributed by atoms with E-state index in [0.29, 0.717) is 13.0 Å². The van der Waals surface area contributed by atoms with Crippen LogP contribution in [0.1, 0.15) is 36.7 Å². The number of hydrogen-bond acceptors (Lipinski definition) is 3. The molecule has 92 valence electrons. The highest BCUT2D eigenvalue weighted by Gasteiger charge is 2.44. The molecule has 0 saturated carbocycles. The molecule has 17 heavy (non-hydrogen) atoms. The second-order valence-corrected chi connectivity index (χ2v) is 4.47. The van der Waals surface area contributed by atoms with Crippen molar-refractivity contribution in [3.8, 4) is 0 Å². The maximum Gasteiger partial charge on any atom is 0.329 e. The third-order valence-electron chi connectivity index (χ3n) is 3.33. The first kappa shape index (κ1) is 11.7. The van der Waals surface area contributed by atoms with Crippen LogP contribution in [-0.4, -0.2) is 34.0 Å². The molecular weight excluding hydrogens is 222 g/mol. The van der Waals surface area contributed by atoms with E-state index < -0.39 is 11.5 Å². The summed E-state index contributed by atoms with van der Waals surface area (Å²) < 4.78 is 5.04. The molecule has 2 rings (SSSR count). The molecule has 2 heterocycles. The summed E-state index contributed by atoms with van der Waals surface area (Å²) >= 11 is 0. The topological polar surface area (TPSA) is 70.8 Å². The van der Waals surface area contributed by atoms with E-state index in [1.54, 1.807) is 19.1 Å². The molecule has 1 aromatic rings. The van der Waals surface area contributed by atoms with E-state index in [9.17, 15) is 14.7 Å². The van der Waals surface area contributed by atoms with Crippen LogP contribution in [0.15, 0.2) is 22.8 Å². The highest BCUT2D eigenvalue weighted by molar-refractivity contribution is 5.95. The van der Waals surface area contributed by atoms with E-state index in [-0.39, 0.29) is 11.7 Å². The third-order valence-corrected chi connectivity index (χ3v) is 3.33. The minimum atomic E-state index is -1.12. The van der Waals surface area contributed by atoms with Gasteiger partial charge in [-0.1, -0.05) is 0 Å². The van der Waals surface area contributed by atoms with Gasteiger partial charge in [0, 0.05) is 6.54 Å². The van der Waals surface area contributed by atoms with Crippen LogP contribution in [0.3, 0.4) is 0 Å². The first-order chi connectivity index (χ1) is 8.05. The fourth-order valence-electron chi connectivity index (χ4n) is 2.20. The molecule has 5 heteroatoms. The minimum Gasteiger partial charge on any atom is -0.480 e. The average molecular weight is 237 g/mol. The first-order valence-corrected chi connectivity index (χ1v) is 5.64. The number of carboxylic acids is 1. The number of carbonyl (C=O) groups is 2. The lowest BCUT2D eigenvalue weighted by molar-refractivity contribution is -0.150. The Labute approximate surface area is 99.0 Å². The van der Waals surface area contributed by atoms with Crippen molar-refractivity contribution in [2.24, 2.45) is 0 Å². The minimum absolute atomic E-state index is 0.194. The van der Waals surface area contributed by atoms with Gasteiger partial charge >= 0.3 is 5.97 Å². The number of amides is 1. The molecule has 1 amide bonds. The molecule has 1 saturated heterocycles. The van der Waals surface area contributed by atoms with Gasteiger partial charge in [0.1, 0.15) is 5.54 Å². The van der Waals surface area contributed by atoms with Gasteiger partial charge in [-0.15, -0.1) is 0 Å². The summed E-state index contributed by atoms with van der Waals surface area (Å²) in [7, 11) is 0. The van der Waals surface area contributed by atoms with Crippen LogP contribution in [0.2, 0.25) is 0 Å². The standard InChI is InChI=1S/C12H15NO4/c1-12(11(15)16)6-2-3-7-13(12)10(14)9-5-4-8-17-9/h4-5,8H,2-3,6-7H2,1H3,(H,15,16). The Morgan fingerprint density at radius 1 is 1.47 bits per heavy atom. The van der Waals surface area contributed by atoms with Crippen molar-refractivity contribution >= 4 is 11.9 Å². The Bertz CT molecular complexity index is 426. The predicted octanol–water partition coefficient (Wildman–Crippen LogP) is 1.75. The van der Waals surface area contributed by atoms with Crippen LogP contribution >= 0.6 is 0 Å². The van der Waals surface area contributed by atoms with Gasteiger partial charge in [-0.3, -0.25) is 4.79 Å². The molecule has 1 unspecified atom stereocenters. The Morgan fingerprint density at radius 3 is 2.82 bits per heavy atom. The van der Waals surface area contributed by atoms with Gasteiger partial charge in [0.2, 0.25) is 0 Å². The van der Waals surface area contributed by atoms with Crippen LogP contribution in [0.4, 0.5) is 0 Å². The molecule has 1 N–H and O–H groups in total. The van der Waals surface area contributed by atoms with Crippen LogP contribution in [0.25, 0.3) is 0 Å². The van der Waals surface area contributed by atoms with E-state index in [1.807, 2.05) is 0 Å². The molecule has 0 spiro atoms. The SMILES string of the molecule is CC1(C(=O)O)CCCCN1C(=O)c1ccco1. The van der Waals surface area contributed by atoms with Crippen molar-refractivity contribution in [2.75, 3.05) is 6.54 Å². The summed E-state index contributed by atoms with van der Waals surface area (Å²) in [5.74, 6) is -1.11. The van der Waals surface area contributed by atoms with Crippen molar-refractivity contribution < 1.29 is 19.1 Å². The van der Waals surface area contributed by atoms with Crippen molar-refractivity contribution in [1.29, 1.82) is 0 Å². The van der Waals surface area contributed by atoms with Crippen molar-refractivity contribution in [3.63, 3.8) is 0 Å². The summed E-state index contributed by atoms with van der Waals surface area (Å²) in [5.41, 5.74) is -1.12. The second kappa shape index (κ2) is 4.24. The summed E-state index contributed by atoms with van der Waals surface area (Å²) in [6.45, 7) is 2.05. The van der Waals surface area contributed by atoms with E-state index >= 15 is 0 Å². The highest BCUT2D eigenvalue weighted by atomic mass is 16.4. The monoisotopic (exact) mass is 237 g/mol. The van der Waals surface area contributed by atoms with E-state index in [1.165, 1.54) is 11.2 Å². The summed E-state index contributed by atoms with van der Waals surface area (Å²) in [6.07, 6.45) is 3.55. The van der Waals surface area contributed by atoms with Gasteiger partial charge in [0.05, 0.1) is 6.26 Å². The normalized spacial score (nSPS) is 24.6. The van der Waals surface area contributed by atoms with Crippen LogP contribution in [0, 0.1) is 0 Å². The van der Waals surface area contributed by atoms with Crippen LogP contribution < -0.4 is 0 Å². The second-order valence-electron chi connectivity index (χ2n) is 4.47. The molecule has 1 aromatic heterocycles. The average Bonchev–Trinajstić information content (AvgIpc) is 2.82. The quantitative estimate of drug-likeness (QED) is 0.850. The Kier molecular flexibility index (Phi) is 2.92. The van der Waals surface area contributed by atoms with Gasteiger partial charge in [0.25, 0.3) is 5.91 Å². The number of likely N-dealkylation sites (tertiary alicyclic amines) is 1. The molecule has 1 aliphatic heterocycles. The molecule has 0 aliphatic carbocycles. The van der Waals surface area contributed by atoms with Gasteiger partial charge in [-0.25, -0.2) is 4.79 Å². The number of piperidine rings is 1. The lowest BCUT2D eigenvalue weighted by Crippen LogP contribution is -2.57. The predicted molar refractivity (Wildman–Crippen MR) is 59.6 cm³/mol. The number of nitrogens with zero attached hydrogens (tertiary/aromatic N) is 1. The zero-order valence-corrected chi connectivity index (χ0v) is 9.68. The van der Waals surface area contributed by atoms with E-state index in [0.717, 1.165) is 12.8 Å². The Morgan fingerprint density at radius 2 is 2.24 bits per heavy atom. The summed E-state index contributed by atoms with van der Waals surface area (Å²) in [6, 6.07) is 3.18. The number of aliphatic carboxylic acids is 1. The van der Waals surface area contributed by atoms with E-state index in [4.69, 9.17) is 4.42 Å². The number of carboxylic acid groups (broad SMARTS) is 1. The fourth-order valence-corrected chi connectivity index (χ4v) is 2.20. The number of hydrogen-bond donors (Lipinski definition) is 1. The molecule has 1 atom stereocenters. The molecule has 1 aliphatic rings. The van der Waals surface area contributed by atoms with Gasteiger partial charge in [-0.2, -0.15) is 0 Å². The lowest BCUT2D eigenvalue weighted by atomic mass is 9.88. The van der Waals surface area contributed by atoms with Crippen molar-refractivity contribution in [1.82, 2.24) is 4.90 Å². The maximum atomic E-state index is 12.1. The summed E-state index contributed by atoms with van der Waals surface area (Å²) in [5, 5.41) is 9.29. The van der Waals surface area contributed by atoms with E-state index in [2.05, 4.69) is 0 Å². The molecule has 0 bridgehead atoms. The van der Waals surface area contributed by atoms with Gasteiger partial charge in [0.15, 0.2) is 5.76 Å². The molecule has 5 nitrogen and oxygen atoms in total. The zero-order valence-electron chi connectivity index (χ0n) is 9.68. The van der Waals surface area contributed by atoms with Crippen LogP contribution in [0.5, 0.6) is 0 Å². The number of rotatable bonds is 2. The molecular formula is C12H15NO4. The number of carbonyl (C=O) groups excluding carboxylic acids is 1. The van der Waals surface area contributed by atoms with Gasteiger partial charge < -0.3 is 14.4 Å². The van der Waals surface area contributed by atoms with Crippen molar-refractivity contribution in [2.45, 2.75) is 31.7 Å². The summed E-state index contributed by atoms with van der Waals surface area (Å²) in [4.78, 5) is 24.9. The van der Waals surface area contributed by atoms with Crippen LogP contribution in [-0.2, 0) is 4.79 Å².